The summed E-state index contributed by atoms with van der Waals surface area (Å²) in [5.74, 6) is 0. The van der Waals surface area contributed by atoms with Crippen molar-refractivity contribution in [2.75, 3.05) is 6.61 Å². The van der Waals surface area contributed by atoms with Gasteiger partial charge in [0.25, 0.3) is 0 Å². The van der Waals surface area contributed by atoms with Gasteiger partial charge in [0.2, 0.25) is 0 Å². The normalized spacial score (nSPS) is 12.7. The van der Waals surface area contributed by atoms with Gasteiger partial charge in [0.15, 0.2) is 10.0 Å². The van der Waals surface area contributed by atoms with E-state index in [4.69, 9.17) is 4.78 Å². The van der Waals surface area contributed by atoms with E-state index in [-0.39, 0.29) is 37.7 Å². The summed E-state index contributed by atoms with van der Waals surface area (Å²) in [4.78, 5) is 0. The fourth-order valence-corrected chi connectivity index (χ4v) is 0.516. The molecule has 80 valence electrons. The van der Waals surface area contributed by atoms with Crippen molar-refractivity contribution in [1.29, 1.82) is 4.78 Å². The second-order valence-electron chi connectivity index (χ2n) is 1.46. The third-order valence-electron chi connectivity index (χ3n) is 0.614. The summed E-state index contributed by atoms with van der Waals surface area (Å²) in [5.41, 5.74) is 0. The van der Waals surface area contributed by atoms with Crippen LogP contribution in [0.4, 0.5) is 0 Å². The van der Waals surface area contributed by atoms with Gasteiger partial charge in [0, 0.05) is 5.41 Å². The van der Waals surface area contributed by atoms with Crippen molar-refractivity contribution in [3.8, 4) is 0 Å². The van der Waals surface area contributed by atoms with Gasteiger partial charge in [0.05, 0.1) is 0 Å². The minimum Gasteiger partial charge on any atom is -0.420 e. The number of rotatable bonds is 4. The first-order valence-corrected chi connectivity index (χ1v) is 5.63. The van der Waals surface area contributed by atoms with Crippen molar-refractivity contribution >= 4 is 20.7 Å². The van der Waals surface area contributed by atoms with Crippen LogP contribution in [0.25, 0.3) is 0 Å². The minimum absolute atomic E-state index is 0. The topological polar surface area (TPSA) is 84.3 Å². The molecule has 0 aromatic heterocycles. The molecule has 0 aromatic rings. The van der Waals surface area contributed by atoms with Crippen LogP contribution in [-0.4, -0.2) is 10.8 Å². The van der Waals surface area contributed by atoms with Crippen LogP contribution >= 0.6 is 0 Å². The molecule has 14 heavy (non-hydrogen) atoms. The maximum absolute atomic E-state index is 10.4. The van der Waals surface area contributed by atoms with Crippen molar-refractivity contribution in [2.24, 2.45) is 0 Å². The molecule has 0 spiro atoms. The van der Waals surface area contributed by atoms with Crippen LogP contribution in [0.5, 0.6) is 0 Å². The van der Waals surface area contributed by atoms with E-state index in [1.807, 2.05) is 0 Å². The van der Waals surface area contributed by atoms with Crippen molar-refractivity contribution in [1.82, 2.24) is 0 Å². The molecule has 0 saturated carbocycles. The Labute approximate surface area is 110 Å². The van der Waals surface area contributed by atoms with Gasteiger partial charge in [0.1, 0.15) is 0 Å². The maximum Gasteiger partial charge on any atom is 2.00 e. The van der Waals surface area contributed by atoms with E-state index in [0.29, 0.717) is 0 Å². The van der Waals surface area contributed by atoms with E-state index in [1.54, 1.807) is 0 Å². The Morgan fingerprint density at radius 1 is 1.50 bits per heavy atom. The monoisotopic (exact) mass is 463 g/mol. The average molecular weight is 463 g/mol. The average Bonchev–Trinajstić information content (AvgIpc) is 2.05. The fourth-order valence-electron chi connectivity index (χ4n) is 0.172. The van der Waals surface area contributed by atoms with Gasteiger partial charge < -0.3 is 19.5 Å². The molecule has 5 nitrogen and oxygen atoms in total. The van der Waals surface area contributed by atoms with Crippen LogP contribution in [0.1, 0.15) is 0 Å². The molecule has 1 unspecified atom stereocenters. The van der Waals surface area contributed by atoms with E-state index >= 15 is 0 Å². The van der Waals surface area contributed by atoms with Crippen molar-refractivity contribution in [3.63, 3.8) is 0 Å². The third kappa shape index (κ3) is 18.2. The first-order valence-electron chi connectivity index (χ1n) is 2.95. The molecule has 0 fully saturated rings. The second kappa shape index (κ2) is 11.5. The summed E-state index contributed by atoms with van der Waals surface area (Å²) >= 11 is 0. The zero-order valence-corrected chi connectivity index (χ0v) is 13.2. The molecular weight excluding hydrogens is 452 g/mol. The largest absolute Gasteiger partial charge is 2.00 e. The molecular formula is C6H11NO4S2U. The van der Waals surface area contributed by atoms with Crippen LogP contribution < -0.4 is 0 Å². The molecule has 0 aliphatic rings. The summed E-state index contributed by atoms with van der Waals surface area (Å²) in [6.07, 6.45) is 0. The van der Waals surface area contributed by atoms with E-state index in [1.165, 1.54) is 0 Å². The second-order valence-corrected chi connectivity index (χ2v) is 3.97. The van der Waals surface area contributed by atoms with Gasteiger partial charge >= 0.3 is 31.1 Å². The Kier molecular flexibility index (Phi) is 16.3. The molecule has 1 atom stereocenters. The summed E-state index contributed by atoms with van der Waals surface area (Å²) in [6, 6.07) is 0. The van der Waals surface area contributed by atoms with Crippen molar-refractivity contribution < 1.29 is 47.9 Å². The standard InChI is InChI=1S/C4H8NO2S.C2H3O2S.U/c1-3-7-8(5,6)4-2;1-2-5(3)4;/h4-5H,1-3H2;2H,1H2;/q2*-1;+2. The Balaban J connectivity index is -0.000000177. The van der Waals surface area contributed by atoms with Crippen molar-refractivity contribution in [2.45, 2.75) is 0 Å². The van der Waals surface area contributed by atoms with Gasteiger partial charge in [-0.15, -0.1) is 12.0 Å². The van der Waals surface area contributed by atoms with Gasteiger partial charge in [-0.05, 0) is 0 Å². The zero-order chi connectivity index (χ0) is 10.9. The molecule has 0 saturated heterocycles. The SMILES string of the molecule is C=CS(=N)(=O)OC[CH2-].C=C[S-](=O)=O.[U+2]. The Morgan fingerprint density at radius 3 is 1.93 bits per heavy atom. The molecule has 0 aliphatic carbocycles. The zero-order valence-electron chi connectivity index (χ0n) is 7.43. The molecule has 0 rings (SSSR count). The maximum atomic E-state index is 10.4. The van der Waals surface area contributed by atoms with E-state index in [2.05, 4.69) is 24.3 Å². The van der Waals surface area contributed by atoms with Gasteiger partial charge in [-0.3, -0.25) is 0 Å². The molecule has 8 heteroatoms. The molecule has 0 amide bonds. The van der Waals surface area contributed by atoms with Gasteiger partial charge in [-0.1, -0.05) is 23.9 Å². The van der Waals surface area contributed by atoms with E-state index < -0.39 is 20.7 Å². The van der Waals surface area contributed by atoms with E-state index in [9.17, 15) is 12.6 Å². The summed E-state index contributed by atoms with van der Waals surface area (Å²) in [5, 5.41) is 1.79. The smallest absolute Gasteiger partial charge is 0.420 e. The van der Waals surface area contributed by atoms with Crippen LogP contribution in [-0.2, 0) is 33.3 Å². The quantitative estimate of drug-likeness (QED) is 0.505. The molecule has 0 aliphatic heterocycles. The number of hydrogen-bond donors (Lipinski definition) is 1. The van der Waals surface area contributed by atoms with Crippen LogP contribution in [0.2, 0.25) is 0 Å². The molecule has 0 aromatic carbocycles. The van der Waals surface area contributed by atoms with Gasteiger partial charge in [-0.25, -0.2) is 8.99 Å². The van der Waals surface area contributed by atoms with Crippen LogP contribution in [0, 0.1) is 42.8 Å². The predicted octanol–water partition coefficient (Wildman–Crippen LogP) is 1.38. The summed E-state index contributed by atoms with van der Waals surface area (Å²) in [7, 11) is -5.03. The first kappa shape index (κ1) is 19.9. The van der Waals surface area contributed by atoms with Gasteiger partial charge in [-0.2, -0.15) is 0 Å². The third-order valence-corrected chi connectivity index (χ3v) is 1.84. The number of hydrogen-bond acceptors (Lipinski definition) is 6. The Bertz CT molecular complexity index is 313. The Morgan fingerprint density at radius 2 is 1.86 bits per heavy atom. The van der Waals surface area contributed by atoms with E-state index in [0.717, 1.165) is 10.8 Å². The van der Waals surface area contributed by atoms with Crippen LogP contribution in [0.15, 0.2) is 24.0 Å². The predicted molar refractivity (Wildman–Crippen MR) is 51.3 cm³/mol. The van der Waals surface area contributed by atoms with Crippen LogP contribution in [0.3, 0.4) is 0 Å². The molecule has 0 bridgehead atoms. The minimum atomic E-state index is -2.97. The number of nitrogens with one attached hydrogen (secondary N) is 1. The molecule has 0 radical (unpaired) electrons. The Hall–Kier alpha value is 0.392. The molecule has 0 heterocycles. The summed E-state index contributed by atoms with van der Waals surface area (Å²) in [6.45, 7) is 9.37. The fraction of sp³-hybridized carbons (Fsp3) is 0.167. The van der Waals surface area contributed by atoms with Crippen molar-refractivity contribution in [3.05, 3.63) is 30.9 Å². The summed E-state index contributed by atoms with van der Waals surface area (Å²) < 4.78 is 40.0. The molecule has 1 N–H and O–H groups in total. The first-order chi connectivity index (χ1) is 5.89.